The molecular formula is C20H15NO2. The molecule has 0 bridgehead atoms. The van der Waals surface area contributed by atoms with Gasteiger partial charge in [-0.1, -0.05) is 48.5 Å². The highest BCUT2D eigenvalue weighted by Crippen LogP contribution is 2.34. The first kappa shape index (κ1) is 13.6. The van der Waals surface area contributed by atoms with Gasteiger partial charge in [0.1, 0.15) is 0 Å². The molecule has 0 spiro atoms. The number of hydrogen-bond donors (Lipinski definition) is 1. The minimum Gasteiger partial charge on any atom is -0.481 e. The molecule has 3 aromatic carbocycles. The molecular weight excluding hydrogens is 286 g/mol. The number of aliphatic carboxylic acids is 1. The monoisotopic (exact) mass is 301 g/mol. The zero-order valence-electron chi connectivity index (χ0n) is 12.4. The first-order chi connectivity index (χ1) is 11.3. The fourth-order valence-corrected chi connectivity index (χ4v) is 3.26. The fourth-order valence-electron chi connectivity index (χ4n) is 3.26. The van der Waals surface area contributed by atoms with Gasteiger partial charge in [0, 0.05) is 16.5 Å². The average molecular weight is 301 g/mol. The summed E-state index contributed by atoms with van der Waals surface area (Å²) >= 11 is 0. The zero-order valence-corrected chi connectivity index (χ0v) is 12.4. The number of hydrogen-bond acceptors (Lipinski definition) is 1. The van der Waals surface area contributed by atoms with Crippen molar-refractivity contribution in [2.45, 2.75) is 6.42 Å². The van der Waals surface area contributed by atoms with E-state index in [1.165, 1.54) is 0 Å². The Balaban J connectivity index is 2.15. The van der Waals surface area contributed by atoms with Gasteiger partial charge in [-0.25, -0.2) is 0 Å². The van der Waals surface area contributed by atoms with Gasteiger partial charge in [0.05, 0.1) is 17.5 Å². The van der Waals surface area contributed by atoms with Crippen LogP contribution in [-0.2, 0) is 11.2 Å². The first-order valence-electron chi connectivity index (χ1n) is 7.54. The van der Waals surface area contributed by atoms with E-state index in [-0.39, 0.29) is 6.42 Å². The first-order valence-corrected chi connectivity index (χ1v) is 7.54. The van der Waals surface area contributed by atoms with Crippen LogP contribution in [0.15, 0.2) is 72.8 Å². The minimum atomic E-state index is -0.811. The van der Waals surface area contributed by atoms with Crippen LogP contribution in [0.25, 0.3) is 27.5 Å². The molecule has 0 radical (unpaired) electrons. The molecule has 0 saturated carbocycles. The summed E-state index contributed by atoms with van der Waals surface area (Å²) in [7, 11) is 0. The van der Waals surface area contributed by atoms with Crippen molar-refractivity contribution in [3.05, 3.63) is 78.4 Å². The summed E-state index contributed by atoms with van der Waals surface area (Å²) < 4.78 is 2.19. The van der Waals surface area contributed by atoms with Crippen LogP contribution in [0.1, 0.15) is 5.56 Å². The topological polar surface area (TPSA) is 42.2 Å². The lowest BCUT2D eigenvalue weighted by atomic mass is 10.0. The second-order valence-corrected chi connectivity index (χ2v) is 5.57. The van der Waals surface area contributed by atoms with Crippen molar-refractivity contribution in [2.75, 3.05) is 0 Å². The zero-order chi connectivity index (χ0) is 15.8. The normalized spacial score (nSPS) is 11.1. The van der Waals surface area contributed by atoms with Crippen molar-refractivity contribution in [3.63, 3.8) is 0 Å². The van der Waals surface area contributed by atoms with Crippen LogP contribution in [-0.4, -0.2) is 15.6 Å². The summed E-state index contributed by atoms with van der Waals surface area (Å²) in [5.41, 5.74) is 4.05. The Labute approximate surface area is 133 Å². The van der Waals surface area contributed by atoms with Gasteiger partial charge in [-0.3, -0.25) is 4.79 Å². The number of carbonyl (C=O) groups is 1. The molecule has 112 valence electrons. The Kier molecular flexibility index (Phi) is 3.12. The molecule has 4 rings (SSSR count). The fraction of sp³-hybridized carbons (Fsp3) is 0.0500. The molecule has 1 aromatic heterocycles. The van der Waals surface area contributed by atoms with Crippen molar-refractivity contribution >= 4 is 27.8 Å². The van der Waals surface area contributed by atoms with Crippen molar-refractivity contribution in [3.8, 4) is 5.69 Å². The Morgan fingerprint density at radius 1 is 0.826 bits per heavy atom. The maximum absolute atomic E-state index is 11.2. The average Bonchev–Trinajstić information content (AvgIpc) is 2.90. The molecule has 1 heterocycles. The summed E-state index contributed by atoms with van der Waals surface area (Å²) in [6, 6.07) is 24.2. The molecule has 0 unspecified atom stereocenters. The van der Waals surface area contributed by atoms with E-state index in [1.54, 1.807) is 0 Å². The molecule has 0 aliphatic rings. The molecule has 4 aromatic rings. The van der Waals surface area contributed by atoms with Crippen molar-refractivity contribution in [1.82, 2.24) is 4.57 Å². The summed E-state index contributed by atoms with van der Waals surface area (Å²) in [6.07, 6.45) is 0.0279. The number of benzene rings is 3. The van der Waals surface area contributed by atoms with Crippen LogP contribution < -0.4 is 0 Å². The van der Waals surface area contributed by atoms with Gasteiger partial charge in [-0.15, -0.1) is 0 Å². The number of carboxylic acid groups (broad SMARTS) is 1. The van der Waals surface area contributed by atoms with Gasteiger partial charge >= 0.3 is 5.97 Å². The van der Waals surface area contributed by atoms with E-state index in [9.17, 15) is 9.90 Å². The van der Waals surface area contributed by atoms with Crippen LogP contribution in [0.4, 0.5) is 0 Å². The summed E-state index contributed by atoms with van der Waals surface area (Å²) in [5, 5.41) is 11.3. The Bertz CT molecular complexity index is 1020. The predicted octanol–water partition coefficient (Wildman–Crippen LogP) is 4.41. The number of para-hydroxylation sites is 2. The highest BCUT2D eigenvalue weighted by Gasteiger charge is 2.15. The highest BCUT2D eigenvalue weighted by atomic mass is 16.4. The molecule has 3 nitrogen and oxygen atoms in total. The third-order valence-corrected chi connectivity index (χ3v) is 4.14. The molecule has 1 N–H and O–H groups in total. The maximum Gasteiger partial charge on any atom is 0.307 e. The van der Waals surface area contributed by atoms with Crippen molar-refractivity contribution < 1.29 is 9.90 Å². The van der Waals surface area contributed by atoms with E-state index < -0.39 is 5.97 Å². The standard InChI is InChI=1S/C20H15NO2/c22-19(23)13-14-7-6-12-18-20(14)16-10-4-5-11-17(16)21(18)15-8-2-1-3-9-15/h1-12H,13H2,(H,22,23). The van der Waals surface area contributed by atoms with Crippen LogP contribution in [0.2, 0.25) is 0 Å². The largest absolute Gasteiger partial charge is 0.481 e. The molecule has 23 heavy (non-hydrogen) atoms. The van der Waals surface area contributed by atoms with Gasteiger partial charge < -0.3 is 9.67 Å². The van der Waals surface area contributed by atoms with Crippen molar-refractivity contribution in [1.29, 1.82) is 0 Å². The molecule has 0 amide bonds. The van der Waals surface area contributed by atoms with E-state index in [0.29, 0.717) is 0 Å². The van der Waals surface area contributed by atoms with Gasteiger partial charge in [-0.2, -0.15) is 0 Å². The number of fused-ring (bicyclic) bond motifs is 3. The van der Waals surface area contributed by atoms with Gasteiger partial charge in [0.25, 0.3) is 0 Å². The van der Waals surface area contributed by atoms with E-state index >= 15 is 0 Å². The van der Waals surface area contributed by atoms with Crippen LogP contribution in [0, 0.1) is 0 Å². The van der Waals surface area contributed by atoms with E-state index in [2.05, 4.69) is 28.8 Å². The quantitative estimate of drug-likeness (QED) is 0.609. The summed E-state index contributed by atoms with van der Waals surface area (Å²) in [4.78, 5) is 11.2. The minimum absolute atomic E-state index is 0.0279. The third kappa shape index (κ3) is 2.18. The Morgan fingerprint density at radius 3 is 2.30 bits per heavy atom. The van der Waals surface area contributed by atoms with E-state index in [1.807, 2.05) is 48.5 Å². The number of aromatic nitrogens is 1. The summed E-state index contributed by atoms with van der Waals surface area (Å²) in [5.74, 6) is -0.811. The lowest BCUT2D eigenvalue weighted by molar-refractivity contribution is -0.136. The van der Waals surface area contributed by atoms with Crippen LogP contribution in [0.3, 0.4) is 0 Å². The second kappa shape index (κ2) is 5.29. The molecule has 0 aliphatic carbocycles. The lowest BCUT2D eigenvalue weighted by Gasteiger charge is -2.07. The van der Waals surface area contributed by atoms with Crippen molar-refractivity contribution in [2.24, 2.45) is 0 Å². The molecule has 3 heteroatoms. The second-order valence-electron chi connectivity index (χ2n) is 5.57. The van der Waals surface area contributed by atoms with Gasteiger partial charge in [0.15, 0.2) is 0 Å². The van der Waals surface area contributed by atoms with Gasteiger partial charge in [0.2, 0.25) is 0 Å². The SMILES string of the molecule is O=C(O)Cc1cccc2c1c1ccccc1n2-c1ccccc1. The highest BCUT2D eigenvalue weighted by molar-refractivity contribution is 6.11. The molecule has 0 saturated heterocycles. The Hall–Kier alpha value is -3.07. The number of carboxylic acids is 1. The smallest absolute Gasteiger partial charge is 0.307 e. The molecule has 0 fully saturated rings. The predicted molar refractivity (Wildman–Crippen MR) is 92.1 cm³/mol. The van der Waals surface area contributed by atoms with E-state index in [0.717, 1.165) is 33.1 Å². The molecule has 0 aliphatic heterocycles. The summed E-state index contributed by atoms with van der Waals surface area (Å²) in [6.45, 7) is 0. The lowest BCUT2D eigenvalue weighted by Crippen LogP contribution is -2.00. The van der Waals surface area contributed by atoms with Crippen LogP contribution in [0.5, 0.6) is 0 Å². The number of nitrogens with zero attached hydrogens (tertiary/aromatic N) is 1. The molecule has 0 atom stereocenters. The van der Waals surface area contributed by atoms with Crippen LogP contribution >= 0.6 is 0 Å². The Morgan fingerprint density at radius 2 is 1.52 bits per heavy atom. The van der Waals surface area contributed by atoms with E-state index in [4.69, 9.17) is 0 Å². The third-order valence-electron chi connectivity index (χ3n) is 4.14. The number of rotatable bonds is 3. The maximum atomic E-state index is 11.2. The van der Waals surface area contributed by atoms with Gasteiger partial charge in [-0.05, 0) is 29.8 Å².